The lowest BCUT2D eigenvalue weighted by Crippen LogP contribution is -1.95. The SMILES string of the molecule is CCCCOc1ccc(N=Nc2ccc(F)cc2)cc1. The summed E-state index contributed by atoms with van der Waals surface area (Å²) >= 11 is 0. The molecule has 0 aliphatic carbocycles. The smallest absolute Gasteiger partial charge is 0.123 e. The Labute approximate surface area is 118 Å². The maximum absolute atomic E-state index is 12.7. The van der Waals surface area contributed by atoms with Gasteiger partial charge in [-0.1, -0.05) is 13.3 Å². The molecule has 0 aromatic heterocycles. The third kappa shape index (κ3) is 4.46. The molecule has 2 aromatic rings. The quantitative estimate of drug-likeness (QED) is 0.510. The van der Waals surface area contributed by atoms with Crippen molar-refractivity contribution in [3.05, 3.63) is 54.3 Å². The van der Waals surface area contributed by atoms with Crippen molar-refractivity contribution in [3.63, 3.8) is 0 Å². The Morgan fingerprint density at radius 1 is 0.900 bits per heavy atom. The lowest BCUT2D eigenvalue weighted by Gasteiger charge is -2.04. The van der Waals surface area contributed by atoms with Crippen molar-refractivity contribution in [2.45, 2.75) is 19.8 Å². The van der Waals surface area contributed by atoms with Crippen LogP contribution < -0.4 is 4.74 Å². The first-order valence-electron chi connectivity index (χ1n) is 6.68. The number of hydrogen-bond acceptors (Lipinski definition) is 3. The van der Waals surface area contributed by atoms with Crippen LogP contribution in [0.4, 0.5) is 15.8 Å². The molecule has 0 saturated carbocycles. The predicted molar refractivity (Wildman–Crippen MR) is 77.4 cm³/mol. The minimum Gasteiger partial charge on any atom is -0.494 e. The average Bonchev–Trinajstić information content (AvgIpc) is 2.48. The molecule has 0 N–H and O–H groups in total. The first-order chi connectivity index (χ1) is 9.78. The van der Waals surface area contributed by atoms with E-state index in [4.69, 9.17) is 4.74 Å². The van der Waals surface area contributed by atoms with Crippen molar-refractivity contribution < 1.29 is 9.13 Å². The van der Waals surface area contributed by atoms with Crippen LogP contribution >= 0.6 is 0 Å². The van der Waals surface area contributed by atoms with E-state index in [1.165, 1.54) is 12.1 Å². The average molecular weight is 272 g/mol. The molecular weight excluding hydrogens is 255 g/mol. The summed E-state index contributed by atoms with van der Waals surface area (Å²) < 4.78 is 18.3. The van der Waals surface area contributed by atoms with Crippen LogP contribution in [0.1, 0.15) is 19.8 Å². The van der Waals surface area contributed by atoms with E-state index < -0.39 is 0 Å². The van der Waals surface area contributed by atoms with Crippen LogP contribution in [0, 0.1) is 5.82 Å². The molecule has 2 aromatic carbocycles. The minimum atomic E-state index is -0.280. The second-order valence-electron chi connectivity index (χ2n) is 4.37. The maximum atomic E-state index is 12.7. The van der Waals surface area contributed by atoms with E-state index >= 15 is 0 Å². The predicted octanol–water partition coefficient (Wildman–Crippen LogP) is 5.42. The summed E-state index contributed by atoms with van der Waals surface area (Å²) in [6.45, 7) is 2.86. The van der Waals surface area contributed by atoms with Crippen molar-refractivity contribution in [2.75, 3.05) is 6.61 Å². The highest BCUT2D eigenvalue weighted by atomic mass is 19.1. The molecule has 0 fully saturated rings. The maximum Gasteiger partial charge on any atom is 0.123 e. The van der Waals surface area contributed by atoms with Gasteiger partial charge < -0.3 is 4.74 Å². The molecule has 0 aliphatic rings. The molecule has 0 saturated heterocycles. The first-order valence-corrected chi connectivity index (χ1v) is 6.68. The minimum absolute atomic E-state index is 0.280. The molecule has 0 amide bonds. The van der Waals surface area contributed by atoms with E-state index in [1.54, 1.807) is 12.1 Å². The fraction of sp³-hybridized carbons (Fsp3) is 0.250. The van der Waals surface area contributed by atoms with Gasteiger partial charge in [-0.3, -0.25) is 0 Å². The van der Waals surface area contributed by atoms with E-state index in [0.717, 1.165) is 30.9 Å². The standard InChI is InChI=1S/C16H17FN2O/c1-2-3-12-20-16-10-8-15(9-11-16)19-18-14-6-4-13(17)5-7-14/h4-11H,2-3,12H2,1H3. The monoisotopic (exact) mass is 272 g/mol. The summed E-state index contributed by atoms with van der Waals surface area (Å²) in [6, 6.07) is 13.3. The van der Waals surface area contributed by atoms with Gasteiger partial charge in [-0.15, -0.1) is 0 Å². The fourth-order valence-electron chi connectivity index (χ4n) is 1.57. The molecule has 0 spiro atoms. The first kappa shape index (κ1) is 14.2. The van der Waals surface area contributed by atoms with Gasteiger partial charge in [0.15, 0.2) is 0 Å². The molecule has 0 atom stereocenters. The largest absolute Gasteiger partial charge is 0.494 e. The number of halogens is 1. The molecule has 0 bridgehead atoms. The zero-order valence-corrected chi connectivity index (χ0v) is 11.4. The van der Waals surface area contributed by atoms with Gasteiger partial charge in [0.2, 0.25) is 0 Å². The molecule has 20 heavy (non-hydrogen) atoms. The Hall–Kier alpha value is -2.23. The molecule has 3 nitrogen and oxygen atoms in total. The second-order valence-corrected chi connectivity index (χ2v) is 4.37. The number of rotatable bonds is 6. The van der Waals surface area contributed by atoms with Gasteiger partial charge >= 0.3 is 0 Å². The van der Waals surface area contributed by atoms with Gasteiger partial charge in [-0.25, -0.2) is 4.39 Å². The van der Waals surface area contributed by atoms with Crippen LogP contribution in [0.2, 0.25) is 0 Å². The molecular formula is C16H17FN2O. The normalized spacial score (nSPS) is 10.9. The second kappa shape index (κ2) is 7.38. The van der Waals surface area contributed by atoms with Crippen LogP contribution in [-0.2, 0) is 0 Å². The summed E-state index contributed by atoms with van der Waals surface area (Å²) in [6.07, 6.45) is 2.16. The number of hydrogen-bond donors (Lipinski definition) is 0. The summed E-state index contributed by atoms with van der Waals surface area (Å²) in [5, 5.41) is 8.13. The van der Waals surface area contributed by atoms with E-state index in [9.17, 15) is 4.39 Å². The van der Waals surface area contributed by atoms with E-state index in [0.29, 0.717) is 5.69 Å². The molecule has 4 heteroatoms. The van der Waals surface area contributed by atoms with Crippen molar-refractivity contribution in [3.8, 4) is 5.75 Å². The topological polar surface area (TPSA) is 34.0 Å². The van der Waals surface area contributed by atoms with E-state index in [1.807, 2.05) is 24.3 Å². The lowest BCUT2D eigenvalue weighted by atomic mass is 10.3. The van der Waals surface area contributed by atoms with E-state index in [2.05, 4.69) is 17.2 Å². The number of unbranched alkanes of at least 4 members (excludes halogenated alkanes) is 1. The Morgan fingerprint density at radius 2 is 1.45 bits per heavy atom. The van der Waals surface area contributed by atoms with E-state index in [-0.39, 0.29) is 5.82 Å². The van der Waals surface area contributed by atoms with Gasteiger partial charge in [-0.05, 0) is 55.0 Å². The number of azo groups is 1. The Bertz CT molecular complexity index is 550. The number of nitrogens with zero attached hydrogens (tertiary/aromatic N) is 2. The summed E-state index contributed by atoms with van der Waals surface area (Å²) in [4.78, 5) is 0. The number of ether oxygens (including phenoxy) is 1. The van der Waals surface area contributed by atoms with Gasteiger partial charge in [0.1, 0.15) is 11.6 Å². The highest BCUT2D eigenvalue weighted by Crippen LogP contribution is 2.21. The van der Waals surface area contributed by atoms with Crippen LogP contribution in [0.15, 0.2) is 58.8 Å². The highest BCUT2D eigenvalue weighted by Gasteiger charge is 1.95. The van der Waals surface area contributed by atoms with Crippen molar-refractivity contribution in [2.24, 2.45) is 10.2 Å². The van der Waals surface area contributed by atoms with Crippen LogP contribution in [0.5, 0.6) is 5.75 Å². The van der Waals surface area contributed by atoms with Crippen LogP contribution in [0.3, 0.4) is 0 Å². The third-order valence-corrected chi connectivity index (χ3v) is 2.71. The third-order valence-electron chi connectivity index (χ3n) is 2.71. The van der Waals surface area contributed by atoms with Crippen molar-refractivity contribution in [1.29, 1.82) is 0 Å². The lowest BCUT2D eigenvalue weighted by molar-refractivity contribution is 0.309. The zero-order chi connectivity index (χ0) is 14.2. The van der Waals surface area contributed by atoms with Gasteiger partial charge in [0, 0.05) is 0 Å². The Morgan fingerprint density at radius 3 is 2.00 bits per heavy atom. The zero-order valence-electron chi connectivity index (χ0n) is 11.4. The van der Waals surface area contributed by atoms with Crippen molar-refractivity contribution >= 4 is 11.4 Å². The van der Waals surface area contributed by atoms with Crippen LogP contribution in [-0.4, -0.2) is 6.61 Å². The van der Waals surface area contributed by atoms with Crippen LogP contribution in [0.25, 0.3) is 0 Å². The van der Waals surface area contributed by atoms with Gasteiger partial charge in [0.25, 0.3) is 0 Å². The number of benzene rings is 2. The fourth-order valence-corrected chi connectivity index (χ4v) is 1.57. The van der Waals surface area contributed by atoms with Gasteiger partial charge in [0.05, 0.1) is 18.0 Å². The Kier molecular flexibility index (Phi) is 5.24. The Balaban J connectivity index is 1.94. The highest BCUT2D eigenvalue weighted by molar-refractivity contribution is 5.42. The molecule has 0 radical (unpaired) electrons. The molecule has 0 aliphatic heterocycles. The molecule has 0 unspecified atom stereocenters. The molecule has 0 heterocycles. The van der Waals surface area contributed by atoms with Crippen molar-refractivity contribution in [1.82, 2.24) is 0 Å². The van der Waals surface area contributed by atoms with Gasteiger partial charge in [-0.2, -0.15) is 10.2 Å². The molecule has 2 rings (SSSR count). The summed E-state index contributed by atoms with van der Waals surface area (Å²) in [7, 11) is 0. The summed E-state index contributed by atoms with van der Waals surface area (Å²) in [5.41, 5.74) is 1.35. The molecule has 104 valence electrons. The summed E-state index contributed by atoms with van der Waals surface area (Å²) in [5.74, 6) is 0.553.